The Morgan fingerprint density at radius 3 is 2.45 bits per heavy atom. The molecule has 0 atom stereocenters. The second-order valence-corrected chi connectivity index (χ2v) is 5.60. The minimum absolute atomic E-state index is 0.0184. The quantitative estimate of drug-likeness (QED) is 0.287. The lowest BCUT2D eigenvalue weighted by Gasteiger charge is -2.41. The Morgan fingerprint density at radius 1 is 1.35 bits per heavy atom. The van der Waals surface area contributed by atoms with E-state index in [2.05, 4.69) is 5.16 Å². The maximum absolute atomic E-state index is 12.8. The monoisotopic (exact) mass is 285 g/mol. The molecule has 1 amide bonds. The summed E-state index contributed by atoms with van der Waals surface area (Å²) in [6.45, 7) is 2.28. The minimum atomic E-state index is -0.931. The van der Waals surface area contributed by atoms with E-state index in [0.717, 1.165) is 12.8 Å². The molecule has 0 saturated carbocycles. The molecule has 0 aromatic rings. The molecule has 0 spiro atoms. The van der Waals surface area contributed by atoms with E-state index in [0.29, 0.717) is 39.1 Å². The van der Waals surface area contributed by atoms with Crippen molar-refractivity contribution in [1.82, 2.24) is 4.90 Å². The van der Waals surface area contributed by atoms with Crippen LogP contribution in [0.5, 0.6) is 0 Å². The normalized spacial score (nSPS) is 24.6. The fourth-order valence-electron chi connectivity index (χ4n) is 3.02. The van der Waals surface area contributed by atoms with Crippen LogP contribution in [0, 0.1) is 11.3 Å². The number of carbonyl (C=O) groups excluding carboxylic acids is 1. The summed E-state index contributed by atoms with van der Waals surface area (Å²) in [5.74, 6) is 0.177. The first-order valence-electron chi connectivity index (χ1n) is 7.10. The third-order valence-electron chi connectivity index (χ3n) is 4.51. The summed E-state index contributed by atoms with van der Waals surface area (Å²) < 4.78 is 5.30. The molecule has 2 fully saturated rings. The lowest BCUT2D eigenvalue weighted by Crippen LogP contribution is -2.55. The number of oxime groups is 1. The van der Waals surface area contributed by atoms with Crippen molar-refractivity contribution < 1.29 is 19.8 Å². The first kappa shape index (κ1) is 15.1. The molecule has 2 aliphatic heterocycles. The van der Waals surface area contributed by atoms with Crippen molar-refractivity contribution in [2.24, 2.45) is 22.2 Å². The van der Waals surface area contributed by atoms with Gasteiger partial charge in [-0.1, -0.05) is 5.16 Å². The number of nitrogens with zero attached hydrogens (tertiary/aromatic N) is 2. The molecule has 7 nitrogen and oxygen atoms in total. The van der Waals surface area contributed by atoms with Crippen molar-refractivity contribution in [1.29, 1.82) is 0 Å². The number of amides is 1. The zero-order chi connectivity index (χ0) is 14.6. The van der Waals surface area contributed by atoms with Gasteiger partial charge in [0.25, 0.3) is 0 Å². The molecule has 0 aliphatic carbocycles. The Kier molecular flexibility index (Phi) is 4.82. The zero-order valence-electron chi connectivity index (χ0n) is 11.6. The van der Waals surface area contributed by atoms with Crippen LogP contribution in [0.2, 0.25) is 0 Å². The van der Waals surface area contributed by atoms with E-state index in [1.807, 2.05) is 0 Å². The van der Waals surface area contributed by atoms with Gasteiger partial charge in [0.15, 0.2) is 5.84 Å². The van der Waals surface area contributed by atoms with E-state index in [1.165, 1.54) is 0 Å². The van der Waals surface area contributed by atoms with Crippen LogP contribution < -0.4 is 5.73 Å². The fraction of sp³-hybridized carbons (Fsp3) is 0.846. The van der Waals surface area contributed by atoms with E-state index in [9.17, 15) is 4.79 Å². The van der Waals surface area contributed by atoms with Gasteiger partial charge in [-0.3, -0.25) is 4.79 Å². The predicted molar refractivity (Wildman–Crippen MR) is 72.3 cm³/mol. The van der Waals surface area contributed by atoms with Gasteiger partial charge < -0.3 is 25.7 Å². The van der Waals surface area contributed by atoms with Crippen molar-refractivity contribution in [2.45, 2.75) is 25.7 Å². The Labute approximate surface area is 118 Å². The van der Waals surface area contributed by atoms with Gasteiger partial charge in [-0.15, -0.1) is 0 Å². The molecule has 4 N–H and O–H groups in total. The lowest BCUT2D eigenvalue weighted by atomic mass is 9.77. The zero-order valence-corrected chi connectivity index (χ0v) is 11.6. The molecule has 7 heteroatoms. The number of hydrogen-bond acceptors (Lipinski definition) is 5. The highest BCUT2D eigenvalue weighted by Gasteiger charge is 2.47. The number of likely N-dealkylation sites (tertiary alicyclic amines) is 1. The van der Waals surface area contributed by atoms with Gasteiger partial charge in [-0.2, -0.15) is 0 Å². The summed E-state index contributed by atoms with van der Waals surface area (Å²) in [6.07, 6.45) is 2.49. The number of aliphatic hydroxyl groups is 1. The number of piperidine rings is 1. The molecular weight excluding hydrogens is 262 g/mol. The van der Waals surface area contributed by atoms with Crippen LogP contribution in [0.25, 0.3) is 0 Å². The second kappa shape index (κ2) is 6.41. The predicted octanol–water partition coefficient (Wildman–Crippen LogP) is -0.240. The second-order valence-electron chi connectivity index (χ2n) is 5.60. The molecule has 2 aliphatic rings. The smallest absolute Gasteiger partial charge is 0.236 e. The highest BCUT2D eigenvalue weighted by molar-refractivity contribution is 6.06. The minimum Gasteiger partial charge on any atom is -0.409 e. The van der Waals surface area contributed by atoms with Gasteiger partial charge in [-0.25, -0.2) is 0 Å². The molecule has 0 aromatic heterocycles. The number of aliphatic hydroxyl groups excluding tert-OH is 1. The van der Waals surface area contributed by atoms with E-state index >= 15 is 0 Å². The number of hydrogen-bond donors (Lipinski definition) is 3. The Bertz CT molecular complexity index is 372. The molecule has 0 unspecified atom stereocenters. The summed E-state index contributed by atoms with van der Waals surface area (Å²) in [5, 5.41) is 21.2. The van der Waals surface area contributed by atoms with Crippen LogP contribution in [0.3, 0.4) is 0 Å². The van der Waals surface area contributed by atoms with E-state index < -0.39 is 5.41 Å². The van der Waals surface area contributed by atoms with Crippen LogP contribution in [-0.4, -0.2) is 59.9 Å². The first-order valence-corrected chi connectivity index (χ1v) is 7.10. The molecule has 0 radical (unpaired) electrons. The van der Waals surface area contributed by atoms with Crippen molar-refractivity contribution >= 4 is 11.7 Å². The van der Waals surface area contributed by atoms with Gasteiger partial charge in [0.1, 0.15) is 5.41 Å². The molecule has 2 saturated heterocycles. The average Bonchev–Trinajstić information content (AvgIpc) is 2.54. The Morgan fingerprint density at radius 2 is 1.95 bits per heavy atom. The van der Waals surface area contributed by atoms with Crippen molar-refractivity contribution in [3.63, 3.8) is 0 Å². The van der Waals surface area contributed by atoms with Gasteiger partial charge in [-0.05, 0) is 31.6 Å². The Hall–Kier alpha value is -1.34. The SMILES string of the molecule is NC(=NO)C1(C(=O)N2CCC(CO)CC2)CCOCC1. The first-order chi connectivity index (χ1) is 9.64. The van der Waals surface area contributed by atoms with Crippen molar-refractivity contribution in [3.05, 3.63) is 0 Å². The third-order valence-corrected chi connectivity index (χ3v) is 4.51. The largest absolute Gasteiger partial charge is 0.409 e. The van der Waals surface area contributed by atoms with Crippen molar-refractivity contribution in [2.75, 3.05) is 32.9 Å². The number of nitrogens with two attached hydrogens (primary N) is 1. The molecule has 2 heterocycles. The topological polar surface area (TPSA) is 108 Å². The number of rotatable bonds is 3. The van der Waals surface area contributed by atoms with Crippen molar-refractivity contribution in [3.8, 4) is 0 Å². The summed E-state index contributed by atoms with van der Waals surface area (Å²) >= 11 is 0. The van der Waals surface area contributed by atoms with Gasteiger partial charge in [0, 0.05) is 32.9 Å². The molecule has 0 bridgehead atoms. The summed E-state index contributed by atoms with van der Waals surface area (Å²) in [6, 6.07) is 0. The maximum Gasteiger partial charge on any atom is 0.236 e. The average molecular weight is 285 g/mol. The highest BCUT2D eigenvalue weighted by Crippen LogP contribution is 2.34. The van der Waals surface area contributed by atoms with Crippen LogP contribution in [0.1, 0.15) is 25.7 Å². The van der Waals surface area contributed by atoms with Gasteiger partial charge in [0.2, 0.25) is 5.91 Å². The number of carbonyl (C=O) groups is 1. The summed E-state index contributed by atoms with van der Waals surface area (Å²) in [7, 11) is 0. The van der Waals surface area contributed by atoms with Crippen LogP contribution >= 0.6 is 0 Å². The van der Waals surface area contributed by atoms with Gasteiger partial charge in [0.05, 0.1) is 0 Å². The van der Waals surface area contributed by atoms with E-state index in [1.54, 1.807) is 4.90 Å². The molecule has 20 heavy (non-hydrogen) atoms. The van der Waals surface area contributed by atoms with E-state index in [-0.39, 0.29) is 24.3 Å². The maximum atomic E-state index is 12.8. The lowest BCUT2D eigenvalue weighted by molar-refractivity contribution is -0.144. The summed E-state index contributed by atoms with van der Waals surface area (Å²) in [4.78, 5) is 14.6. The van der Waals surface area contributed by atoms with Crippen LogP contribution in [0.4, 0.5) is 0 Å². The molecule has 114 valence electrons. The molecule has 2 rings (SSSR count). The number of ether oxygens (including phenoxy) is 1. The van der Waals surface area contributed by atoms with Gasteiger partial charge >= 0.3 is 0 Å². The van der Waals surface area contributed by atoms with E-state index in [4.69, 9.17) is 20.8 Å². The Balaban J connectivity index is 2.11. The highest BCUT2D eigenvalue weighted by atomic mass is 16.5. The summed E-state index contributed by atoms with van der Waals surface area (Å²) in [5.41, 5.74) is 4.87. The molecular formula is C13H23N3O4. The third kappa shape index (κ3) is 2.73. The number of amidine groups is 1. The molecule has 0 aromatic carbocycles. The standard InChI is InChI=1S/C13H23N3O4/c14-11(15-19)13(3-7-20-8-4-13)12(18)16-5-1-10(9-17)2-6-16/h10,17,19H,1-9H2,(H2,14,15). The van der Waals surface area contributed by atoms with Crippen LogP contribution in [0.15, 0.2) is 5.16 Å². The fourth-order valence-corrected chi connectivity index (χ4v) is 3.02. The van der Waals surface area contributed by atoms with Crippen LogP contribution in [-0.2, 0) is 9.53 Å².